The van der Waals surface area contributed by atoms with Crippen LogP contribution in [0.5, 0.6) is 0 Å². The lowest BCUT2D eigenvalue weighted by atomic mass is 9.92. The molecule has 2 amide bonds. The molecule has 0 radical (unpaired) electrons. The number of amides is 2. The molecule has 2 aromatic carbocycles. The Morgan fingerprint density at radius 2 is 1.84 bits per heavy atom. The van der Waals surface area contributed by atoms with Gasteiger partial charge in [-0.15, -0.1) is 0 Å². The molecule has 1 aliphatic rings. The molecule has 1 fully saturated rings. The zero-order valence-electron chi connectivity index (χ0n) is 18.7. The Labute approximate surface area is 183 Å². The van der Waals surface area contributed by atoms with Crippen LogP contribution in [0.2, 0.25) is 0 Å². The molecule has 162 valence electrons. The number of carbonyl (C=O) groups excluding carboxylic acids is 2. The minimum absolute atomic E-state index is 0.00940. The molecule has 1 aliphatic heterocycles. The highest BCUT2D eigenvalue weighted by molar-refractivity contribution is 6.07. The third-order valence-corrected chi connectivity index (χ3v) is 6.00. The summed E-state index contributed by atoms with van der Waals surface area (Å²) in [5.41, 5.74) is 1.54. The Balaban J connectivity index is 1.49. The van der Waals surface area contributed by atoms with E-state index in [1.807, 2.05) is 60.5 Å². The maximum Gasteiger partial charge on any atom is 0.254 e. The summed E-state index contributed by atoms with van der Waals surface area (Å²) in [5.74, 6) is 0.386. The van der Waals surface area contributed by atoms with Gasteiger partial charge in [-0.05, 0) is 29.7 Å². The summed E-state index contributed by atoms with van der Waals surface area (Å²) in [6.07, 6.45) is 1.59. The number of rotatable bonds is 3. The van der Waals surface area contributed by atoms with E-state index in [9.17, 15) is 9.59 Å². The highest BCUT2D eigenvalue weighted by Gasteiger charge is 2.30. The third-order valence-electron chi connectivity index (χ3n) is 6.00. The zero-order chi connectivity index (χ0) is 22.2. The highest BCUT2D eigenvalue weighted by atomic mass is 16.2. The summed E-state index contributed by atoms with van der Waals surface area (Å²) in [6.45, 7) is 7.39. The number of hydrogen-bond acceptors (Lipinski definition) is 3. The van der Waals surface area contributed by atoms with Crippen LogP contribution >= 0.6 is 0 Å². The first-order valence-corrected chi connectivity index (χ1v) is 10.9. The summed E-state index contributed by atoms with van der Waals surface area (Å²) < 4.78 is 1.71. The van der Waals surface area contributed by atoms with E-state index in [1.165, 1.54) is 0 Å². The number of likely N-dealkylation sites (tertiary alicyclic amines) is 1. The van der Waals surface area contributed by atoms with Gasteiger partial charge < -0.3 is 10.2 Å². The van der Waals surface area contributed by atoms with Gasteiger partial charge in [0.25, 0.3) is 5.91 Å². The predicted octanol–water partition coefficient (Wildman–Crippen LogP) is 4.36. The topological polar surface area (TPSA) is 67.2 Å². The SMILES string of the molecule is Cn1nc(C(C)(C)C)cc1NC(=O)[C@H]1CCCN(C(=O)c2cccc3ccccc23)C1. The van der Waals surface area contributed by atoms with Crippen LogP contribution in [0, 0.1) is 5.92 Å². The fourth-order valence-corrected chi connectivity index (χ4v) is 4.14. The average Bonchev–Trinajstić information content (AvgIpc) is 3.13. The van der Waals surface area contributed by atoms with Gasteiger partial charge in [0.05, 0.1) is 11.6 Å². The second-order valence-electron chi connectivity index (χ2n) is 9.39. The first kappa shape index (κ1) is 21.1. The fraction of sp³-hybridized carbons (Fsp3) is 0.400. The first-order chi connectivity index (χ1) is 14.7. The van der Waals surface area contributed by atoms with Crippen molar-refractivity contribution < 1.29 is 9.59 Å². The molecule has 31 heavy (non-hydrogen) atoms. The minimum atomic E-state index is -0.235. The molecule has 6 heteroatoms. The number of benzene rings is 2. The molecular formula is C25H30N4O2. The molecule has 3 aromatic rings. The Kier molecular flexibility index (Phi) is 5.56. The van der Waals surface area contributed by atoms with Gasteiger partial charge in [0.1, 0.15) is 5.82 Å². The minimum Gasteiger partial charge on any atom is -0.338 e. The van der Waals surface area contributed by atoms with Gasteiger partial charge in [-0.25, -0.2) is 0 Å². The van der Waals surface area contributed by atoms with Crippen molar-refractivity contribution in [3.05, 3.63) is 59.8 Å². The smallest absolute Gasteiger partial charge is 0.254 e. The number of carbonyl (C=O) groups is 2. The van der Waals surface area contributed by atoms with Crippen LogP contribution in [0.25, 0.3) is 10.8 Å². The van der Waals surface area contributed by atoms with Gasteiger partial charge >= 0.3 is 0 Å². The number of aryl methyl sites for hydroxylation is 1. The van der Waals surface area contributed by atoms with Crippen molar-refractivity contribution in [1.29, 1.82) is 0 Å². The fourth-order valence-electron chi connectivity index (χ4n) is 4.14. The van der Waals surface area contributed by atoms with E-state index >= 15 is 0 Å². The largest absolute Gasteiger partial charge is 0.338 e. The number of anilines is 1. The van der Waals surface area contributed by atoms with E-state index in [2.05, 4.69) is 31.2 Å². The molecule has 0 saturated carbocycles. The van der Waals surface area contributed by atoms with E-state index in [0.29, 0.717) is 24.5 Å². The van der Waals surface area contributed by atoms with Crippen LogP contribution < -0.4 is 5.32 Å². The summed E-state index contributed by atoms with van der Waals surface area (Å²) >= 11 is 0. The number of piperidine rings is 1. The average molecular weight is 419 g/mol. The molecule has 1 atom stereocenters. The molecule has 1 N–H and O–H groups in total. The maximum atomic E-state index is 13.3. The van der Waals surface area contributed by atoms with Gasteiger partial charge in [0.2, 0.25) is 5.91 Å². The zero-order valence-corrected chi connectivity index (χ0v) is 18.7. The number of nitrogens with one attached hydrogen (secondary N) is 1. The van der Waals surface area contributed by atoms with E-state index in [1.54, 1.807) is 4.68 Å². The van der Waals surface area contributed by atoms with Crippen LogP contribution in [-0.2, 0) is 17.3 Å². The Bertz CT molecular complexity index is 1120. The lowest BCUT2D eigenvalue weighted by molar-refractivity contribution is -0.121. The van der Waals surface area contributed by atoms with Crippen molar-refractivity contribution in [2.75, 3.05) is 18.4 Å². The van der Waals surface area contributed by atoms with Crippen LogP contribution in [0.3, 0.4) is 0 Å². The summed E-state index contributed by atoms with van der Waals surface area (Å²) in [6, 6.07) is 15.6. The number of fused-ring (bicyclic) bond motifs is 1. The molecule has 4 rings (SSSR count). The van der Waals surface area contributed by atoms with Crippen molar-refractivity contribution in [3.8, 4) is 0 Å². The Morgan fingerprint density at radius 3 is 2.58 bits per heavy atom. The van der Waals surface area contributed by atoms with Gasteiger partial charge in [-0.1, -0.05) is 57.2 Å². The van der Waals surface area contributed by atoms with Crippen LogP contribution in [0.1, 0.15) is 49.7 Å². The van der Waals surface area contributed by atoms with Crippen LogP contribution in [-0.4, -0.2) is 39.6 Å². The lowest BCUT2D eigenvalue weighted by Gasteiger charge is -2.32. The predicted molar refractivity (Wildman–Crippen MR) is 123 cm³/mol. The monoisotopic (exact) mass is 418 g/mol. The third kappa shape index (κ3) is 4.33. The second kappa shape index (κ2) is 8.17. The highest BCUT2D eigenvalue weighted by Crippen LogP contribution is 2.26. The van der Waals surface area contributed by atoms with Crippen molar-refractivity contribution in [2.45, 2.75) is 39.0 Å². The maximum absolute atomic E-state index is 13.3. The molecule has 0 spiro atoms. The normalized spacial score (nSPS) is 17.0. The van der Waals surface area contributed by atoms with E-state index in [0.717, 1.165) is 29.3 Å². The van der Waals surface area contributed by atoms with E-state index in [-0.39, 0.29) is 23.1 Å². The molecular weight excluding hydrogens is 388 g/mol. The van der Waals surface area contributed by atoms with Gasteiger partial charge in [0.15, 0.2) is 0 Å². The molecule has 0 bridgehead atoms. The van der Waals surface area contributed by atoms with Crippen molar-refractivity contribution in [3.63, 3.8) is 0 Å². The Hall–Kier alpha value is -3.15. The molecule has 6 nitrogen and oxygen atoms in total. The second-order valence-corrected chi connectivity index (χ2v) is 9.39. The molecule has 0 aliphatic carbocycles. The number of nitrogens with zero attached hydrogens (tertiary/aromatic N) is 3. The molecule has 1 saturated heterocycles. The Morgan fingerprint density at radius 1 is 1.10 bits per heavy atom. The molecule has 1 aromatic heterocycles. The van der Waals surface area contributed by atoms with Crippen molar-refractivity contribution in [1.82, 2.24) is 14.7 Å². The number of aromatic nitrogens is 2. The summed E-state index contributed by atoms with van der Waals surface area (Å²) in [7, 11) is 1.84. The number of hydrogen-bond donors (Lipinski definition) is 1. The first-order valence-electron chi connectivity index (χ1n) is 10.9. The van der Waals surface area contributed by atoms with Gasteiger partial charge in [-0.3, -0.25) is 14.3 Å². The van der Waals surface area contributed by atoms with E-state index in [4.69, 9.17) is 0 Å². The summed E-state index contributed by atoms with van der Waals surface area (Å²) in [4.78, 5) is 28.1. The van der Waals surface area contributed by atoms with Gasteiger partial charge in [0, 0.05) is 37.2 Å². The van der Waals surface area contributed by atoms with Gasteiger partial charge in [-0.2, -0.15) is 5.10 Å². The standard InChI is InChI=1S/C25H30N4O2/c1-25(2,3)21-15-22(28(4)27-21)26-23(30)18-11-8-14-29(16-18)24(31)20-13-7-10-17-9-5-6-12-19(17)20/h5-7,9-10,12-13,15,18H,8,11,14,16H2,1-4H3,(H,26,30)/t18-/m0/s1. The molecule has 2 heterocycles. The summed E-state index contributed by atoms with van der Waals surface area (Å²) in [5, 5.41) is 9.55. The van der Waals surface area contributed by atoms with Crippen LogP contribution in [0.15, 0.2) is 48.5 Å². The molecule has 0 unspecified atom stereocenters. The van der Waals surface area contributed by atoms with Crippen molar-refractivity contribution >= 4 is 28.4 Å². The van der Waals surface area contributed by atoms with Crippen molar-refractivity contribution in [2.24, 2.45) is 13.0 Å². The lowest BCUT2D eigenvalue weighted by Crippen LogP contribution is -2.44. The quantitative estimate of drug-likeness (QED) is 0.687. The van der Waals surface area contributed by atoms with E-state index < -0.39 is 0 Å². The van der Waals surface area contributed by atoms with Crippen LogP contribution in [0.4, 0.5) is 5.82 Å².